The van der Waals surface area contributed by atoms with Gasteiger partial charge in [0.2, 0.25) is 0 Å². The molecule has 0 aliphatic carbocycles. The molecule has 0 unspecified atom stereocenters. The van der Waals surface area contributed by atoms with Crippen molar-refractivity contribution in [2.75, 3.05) is 13.1 Å². The van der Waals surface area contributed by atoms with Crippen molar-refractivity contribution in [2.45, 2.75) is 51.7 Å². The van der Waals surface area contributed by atoms with Gasteiger partial charge in [-0.25, -0.2) is 4.79 Å². The predicted molar refractivity (Wildman–Crippen MR) is 80.6 cm³/mol. The molecule has 2 heterocycles. The topological polar surface area (TPSA) is 47.4 Å². The van der Waals surface area contributed by atoms with Crippen LogP contribution in [-0.4, -0.2) is 39.5 Å². The minimum atomic E-state index is -0.435. The predicted octanol–water partition coefficient (Wildman–Crippen LogP) is 3.61. The lowest BCUT2D eigenvalue weighted by Crippen LogP contribution is -2.37. The largest absolute Gasteiger partial charge is 0.444 e. The van der Waals surface area contributed by atoms with E-state index in [1.807, 2.05) is 36.5 Å². The number of hydrogen-bond acceptors (Lipinski definition) is 3. The van der Waals surface area contributed by atoms with Crippen LogP contribution >= 0.6 is 15.9 Å². The smallest absolute Gasteiger partial charge is 0.410 e. The fourth-order valence-electron chi connectivity index (χ4n) is 2.37. The number of carbonyl (C=O) groups is 1. The second-order valence-electron chi connectivity index (χ2n) is 6.19. The molecule has 0 spiro atoms. The van der Waals surface area contributed by atoms with Gasteiger partial charge in [0.1, 0.15) is 5.60 Å². The Morgan fingerprint density at radius 1 is 1.40 bits per heavy atom. The van der Waals surface area contributed by atoms with Crippen LogP contribution in [0.25, 0.3) is 0 Å². The molecule has 1 fully saturated rings. The molecule has 1 amide bonds. The molecule has 0 bridgehead atoms. The number of rotatable bonds is 1. The maximum absolute atomic E-state index is 12.1. The molecule has 1 aromatic rings. The Hall–Kier alpha value is -1.04. The molecule has 0 aromatic carbocycles. The maximum Gasteiger partial charge on any atom is 0.410 e. The van der Waals surface area contributed by atoms with Gasteiger partial charge in [0.15, 0.2) is 0 Å². The van der Waals surface area contributed by atoms with Crippen molar-refractivity contribution in [1.29, 1.82) is 0 Å². The van der Waals surface area contributed by atoms with Crippen molar-refractivity contribution in [3.05, 3.63) is 16.9 Å². The summed E-state index contributed by atoms with van der Waals surface area (Å²) < 4.78 is 8.42. The molecule has 1 aromatic heterocycles. The standard InChI is InChI=1S/C14H22BrN3O2/c1-14(2,3)20-13(19)17-7-4-5-12(6-8-17)18-10-11(15)9-16-18/h9-10,12H,4-8H2,1-3H3/t12-/m1/s1. The molecule has 1 saturated heterocycles. The zero-order valence-electron chi connectivity index (χ0n) is 12.3. The fraction of sp³-hybridized carbons (Fsp3) is 0.714. The molecule has 0 radical (unpaired) electrons. The Morgan fingerprint density at radius 2 is 2.15 bits per heavy atom. The van der Waals surface area contributed by atoms with E-state index in [0.717, 1.165) is 36.8 Å². The third-order valence-corrected chi connectivity index (χ3v) is 3.70. The molecule has 1 atom stereocenters. The second-order valence-corrected chi connectivity index (χ2v) is 7.11. The lowest BCUT2D eigenvalue weighted by molar-refractivity contribution is 0.0255. The second kappa shape index (κ2) is 6.16. The van der Waals surface area contributed by atoms with Gasteiger partial charge >= 0.3 is 6.09 Å². The van der Waals surface area contributed by atoms with E-state index in [9.17, 15) is 4.79 Å². The number of hydrogen-bond donors (Lipinski definition) is 0. The average molecular weight is 344 g/mol. The number of carbonyl (C=O) groups excluding carboxylic acids is 1. The zero-order valence-corrected chi connectivity index (χ0v) is 13.9. The highest BCUT2D eigenvalue weighted by atomic mass is 79.9. The Kier molecular flexibility index (Phi) is 4.73. The van der Waals surface area contributed by atoms with Gasteiger partial charge in [-0.2, -0.15) is 5.10 Å². The van der Waals surface area contributed by atoms with Gasteiger partial charge in [-0.1, -0.05) is 0 Å². The average Bonchev–Trinajstić information content (AvgIpc) is 2.62. The summed E-state index contributed by atoms with van der Waals surface area (Å²) in [5, 5.41) is 4.35. The van der Waals surface area contributed by atoms with E-state index in [1.54, 1.807) is 6.20 Å². The lowest BCUT2D eigenvalue weighted by atomic mass is 10.1. The molecule has 0 N–H and O–H groups in total. The Balaban J connectivity index is 1.94. The van der Waals surface area contributed by atoms with E-state index in [0.29, 0.717) is 6.04 Å². The van der Waals surface area contributed by atoms with E-state index in [1.165, 1.54) is 0 Å². The number of ether oxygens (including phenoxy) is 1. The van der Waals surface area contributed by atoms with Crippen LogP contribution in [0.4, 0.5) is 4.79 Å². The van der Waals surface area contributed by atoms with E-state index < -0.39 is 5.60 Å². The van der Waals surface area contributed by atoms with Crippen LogP contribution in [0.5, 0.6) is 0 Å². The van der Waals surface area contributed by atoms with Crippen LogP contribution in [0.3, 0.4) is 0 Å². The number of nitrogens with zero attached hydrogens (tertiary/aromatic N) is 3. The summed E-state index contributed by atoms with van der Waals surface area (Å²) in [5.41, 5.74) is -0.435. The van der Waals surface area contributed by atoms with E-state index >= 15 is 0 Å². The monoisotopic (exact) mass is 343 g/mol. The highest BCUT2D eigenvalue weighted by Crippen LogP contribution is 2.24. The highest BCUT2D eigenvalue weighted by molar-refractivity contribution is 9.10. The molecule has 1 aliphatic rings. The van der Waals surface area contributed by atoms with Crippen molar-refractivity contribution in [1.82, 2.24) is 14.7 Å². The van der Waals surface area contributed by atoms with Gasteiger partial charge in [-0.15, -0.1) is 0 Å². The van der Waals surface area contributed by atoms with E-state index in [4.69, 9.17) is 4.74 Å². The first-order chi connectivity index (χ1) is 9.35. The van der Waals surface area contributed by atoms with Gasteiger partial charge < -0.3 is 9.64 Å². The summed E-state index contributed by atoms with van der Waals surface area (Å²) in [5.74, 6) is 0. The van der Waals surface area contributed by atoms with Gasteiger partial charge in [-0.05, 0) is 56.0 Å². The molecule has 2 rings (SSSR count). The fourth-order valence-corrected chi connectivity index (χ4v) is 2.67. The first kappa shape index (κ1) is 15.4. The normalized spacial score (nSPS) is 20.6. The van der Waals surface area contributed by atoms with E-state index in [-0.39, 0.29) is 6.09 Å². The molecule has 20 heavy (non-hydrogen) atoms. The number of likely N-dealkylation sites (tertiary alicyclic amines) is 1. The Morgan fingerprint density at radius 3 is 2.75 bits per heavy atom. The third kappa shape index (κ3) is 4.23. The summed E-state index contributed by atoms with van der Waals surface area (Å²) in [6.45, 7) is 7.16. The van der Waals surface area contributed by atoms with Crippen LogP contribution in [0, 0.1) is 0 Å². The third-order valence-electron chi connectivity index (χ3n) is 3.29. The quantitative estimate of drug-likeness (QED) is 0.782. The molecule has 5 nitrogen and oxygen atoms in total. The summed E-state index contributed by atoms with van der Waals surface area (Å²) in [6.07, 6.45) is 6.51. The minimum Gasteiger partial charge on any atom is -0.444 e. The van der Waals surface area contributed by atoms with Gasteiger partial charge in [0.05, 0.1) is 16.7 Å². The molecular weight excluding hydrogens is 322 g/mol. The Bertz CT molecular complexity index is 467. The van der Waals surface area contributed by atoms with Crippen LogP contribution < -0.4 is 0 Å². The number of halogens is 1. The molecular formula is C14H22BrN3O2. The molecule has 112 valence electrons. The molecule has 0 saturated carbocycles. The maximum atomic E-state index is 12.1. The summed E-state index contributed by atoms with van der Waals surface area (Å²) >= 11 is 3.42. The van der Waals surface area contributed by atoms with Crippen LogP contribution in [-0.2, 0) is 4.74 Å². The van der Waals surface area contributed by atoms with Gasteiger partial charge in [0.25, 0.3) is 0 Å². The highest BCUT2D eigenvalue weighted by Gasteiger charge is 2.25. The van der Waals surface area contributed by atoms with Crippen molar-refractivity contribution in [2.24, 2.45) is 0 Å². The first-order valence-corrected chi connectivity index (χ1v) is 7.82. The van der Waals surface area contributed by atoms with Crippen molar-refractivity contribution in [3.8, 4) is 0 Å². The number of amides is 1. The van der Waals surface area contributed by atoms with Gasteiger partial charge in [-0.3, -0.25) is 4.68 Å². The SMILES string of the molecule is CC(C)(C)OC(=O)N1CCC[C@@H](n2cc(Br)cn2)CC1. The van der Waals surface area contributed by atoms with Crippen LogP contribution in [0.2, 0.25) is 0 Å². The molecule has 6 heteroatoms. The molecule has 1 aliphatic heterocycles. The van der Waals surface area contributed by atoms with Crippen molar-refractivity contribution >= 4 is 22.0 Å². The minimum absolute atomic E-state index is 0.209. The Labute approximate surface area is 128 Å². The summed E-state index contributed by atoms with van der Waals surface area (Å²) in [7, 11) is 0. The van der Waals surface area contributed by atoms with Crippen LogP contribution in [0.1, 0.15) is 46.1 Å². The zero-order chi connectivity index (χ0) is 14.8. The van der Waals surface area contributed by atoms with Crippen molar-refractivity contribution in [3.63, 3.8) is 0 Å². The summed E-state index contributed by atoms with van der Waals surface area (Å²) in [4.78, 5) is 13.9. The summed E-state index contributed by atoms with van der Waals surface area (Å²) in [6, 6.07) is 0.355. The number of aromatic nitrogens is 2. The van der Waals surface area contributed by atoms with Gasteiger partial charge in [0, 0.05) is 19.3 Å². The van der Waals surface area contributed by atoms with Crippen molar-refractivity contribution < 1.29 is 9.53 Å². The first-order valence-electron chi connectivity index (χ1n) is 7.03. The van der Waals surface area contributed by atoms with Crippen LogP contribution in [0.15, 0.2) is 16.9 Å². The lowest BCUT2D eigenvalue weighted by Gasteiger charge is -2.26. The van der Waals surface area contributed by atoms with E-state index in [2.05, 4.69) is 21.0 Å².